The number of hydrogen-bond donors (Lipinski definition) is 3. The second kappa shape index (κ2) is 4.70. The Morgan fingerprint density at radius 3 is 2.36 bits per heavy atom. The molecule has 0 aliphatic carbocycles. The second-order valence-corrected chi connectivity index (χ2v) is 3.14. The average molecular weight is 162 g/mol. The summed E-state index contributed by atoms with van der Waals surface area (Å²) in [5.41, 5.74) is -1.04. The summed E-state index contributed by atoms with van der Waals surface area (Å²) in [5.74, 6) is 0. The van der Waals surface area contributed by atoms with Crippen LogP contribution in [0.15, 0.2) is 0 Å². The molecule has 3 heteroatoms. The molecule has 0 rings (SSSR count). The Hall–Kier alpha value is -0.120. The number of aliphatic hydroxyl groups is 3. The predicted molar refractivity (Wildman–Crippen MR) is 43.2 cm³/mol. The van der Waals surface area contributed by atoms with Crippen LogP contribution >= 0.6 is 0 Å². The minimum Gasteiger partial charge on any atom is -0.396 e. The van der Waals surface area contributed by atoms with Gasteiger partial charge in [0, 0.05) is 6.61 Å². The number of hydrogen-bond acceptors (Lipinski definition) is 3. The molecule has 0 saturated carbocycles. The molecule has 0 aliphatic rings. The first-order chi connectivity index (χ1) is 5.04. The summed E-state index contributed by atoms with van der Waals surface area (Å²) in [6.45, 7) is 3.46. The van der Waals surface area contributed by atoms with E-state index in [4.69, 9.17) is 5.11 Å². The maximum Gasteiger partial charge on any atom is 0.0878 e. The fraction of sp³-hybridized carbons (Fsp3) is 1.00. The van der Waals surface area contributed by atoms with Gasteiger partial charge in [-0.1, -0.05) is 13.3 Å². The zero-order valence-corrected chi connectivity index (χ0v) is 7.25. The smallest absolute Gasteiger partial charge is 0.0878 e. The van der Waals surface area contributed by atoms with Crippen molar-refractivity contribution in [3.8, 4) is 0 Å². The van der Waals surface area contributed by atoms with Gasteiger partial charge in [-0.05, 0) is 19.8 Å². The topological polar surface area (TPSA) is 60.7 Å². The van der Waals surface area contributed by atoms with E-state index in [1.807, 2.05) is 6.92 Å². The Morgan fingerprint density at radius 1 is 1.45 bits per heavy atom. The molecule has 0 heterocycles. The summed E-state index contributed by atoms with van der Waals surface area (Å²) in [4.78, 5) is 0. The predicted octanol–water partition coefficient (Wildman–Crippen LogP) is 0.281. The molecule has 0 aromatic rings. The van der Waals surface area contributed by atoms with Crippen LogP contribution < -0.4 is 0 Å². The molecule has 0 amide bonds. The van der Waals surface area contributed by atoms with E-state index in [0.717, 1.165) is 6.42 Å². The molecule has 0 aromatic heterocycles. The molecule has 0 spiro atoms. The van der Waals surface area contributed by atoms with Gasteiger partial charge in [0.2, 0.25) is 0 Å². The molecule has 0 bridgehead atoms. The van der Waals surface area contributed by atoms with E-state index < -0.39 is 11.7 Å². The Balaban J connectivity index is 3.83. The van der Waals surface area contributed by atoms with Gasteiger partial charge >= 0.3 is 0 Å². The SMILES string of the molecule is CCCC(C)(O)C(O)CCO. The third-order valence-electron chi connectivity index (χ3n) is 1.88. The summed E-state index contributed by atoms with van der Waals surface area (Å²) in [6, 6.07) is 0. The summed E-state index contributed by atoms with van der Waals surface area (Å²) < 4.78 is 0. The van der Waals surface area contributed by atoms with Crippen molar-refractivity contribution in [3.63, 3.8) is 0 Å². The van der Waals surface area contributed by atoms with Crippen LogP contribution in [-0.4, -0.2) is 33.6 Å². The second-order valence-electron chi connectivity index (χ2n) is 3.14. The highest BCUT2D eigenvalue weighted by Gasteiger charge is 2.28. The lowest BCUT2D eigenvalue weighted by Crippen LogP contribution is -2.39. The van der Waals surface area contributed by atoms with E-state index in [9.17, 15) is 10.2 Å². The minimum absolute atomic E-state index is 0.0823. The van der Waals surface area contributed by atoms with Crippen molar-refractivity contribution in [2.24, 2.45) is 0 Å². The summed E-state index contributed by atoms with van der Waals surface area (Å²) >= 11 is 0. The highest BCUT2D eigenvalue weighted by molar-refractivity contribution is 4.80. The average Bonchev–Trinajstić information content (AvgIpc) is 1.88. The van der Waals surface area contributed by atoms with Gasteiger partial charge in [0.25, 0.3) is 0 Å². The van der Waals surface area contributed by atoms with Gasteiger partial charge in [0.05, 0.1) is 11.7 Å². The zero-order chi connectivity index (χ0) is 8.91. The Bertz CT molecular complexity index is 102. The van der Waals surface area contributed by atoms with Crippen LogP contribution in [0, 0.1) is 0 Å². The van der Waals surface area contributed by atoms with Gasteiger partial charge in [-0.3, -0.25) is 0 Å². The van der Waals surface area contributed by atoms with Gasteiger partial charge in [-0.2, -0.15) is 0 Å². The van der Waals surface area contributed by atoms with Crippen molar-refractivity contribution in [2.45, 2.75) is 44.8 Å². The van der Waals surface area contributed by atoms with Crippen molar-refractivity contribution in [3.05, 3.63) is 0 Å². The molecule has 0 aromatic carbocycles. The summed E-state index contributed by atoms with van der Waals surface area (Å²) in [5, 5.41) is 27.3. The first-order valence-corrected chi connectivity index (χ1v) is 4.06. The van der Waals surface area contributed by atoms with Crippen molar-refractivity contribution in [1.29, 1.82) is 0 Å². The van der Waals surface area contributed by atoms with Crippen LogP contribution in [0.2, 0.25) is 0 Å². The molecule has 2 atom stereocenters. The maximum absolute atomic E-state index is 9.55. The lowest BCUT2D eigenvalue weighted by molar-refractivity contribution is -0.0752. The van der Waals surface area contributed by atoms with Crippen LogP contribution in [-0.2, 0) is 0 Å². The molecule has 3 nitrogen and oxygen atoms in total. The number of aliphatic hydroxyl groups excluding tert-OH is 2. The molecule has 68 valence electrons. The Morgan fingerprint density at radius 2 is 2.00 bits per heavy atom. The monoisotopic (exact) mass is 162 g/mol. The molecule has 0 saturated heterocycles. The first-order valence-electron chi connectivity index (χ1n) is 4.06. The minimum atomic E-state index is -1.04. The van der Waals surface area contributed by atoms with Crippen molar-refractivity contribution >= 4 is 0 Å². The standard InChI is InChI=1S/C8H18O3/c1-3-5-8(2,11)7(10)4-6-9/h7,9-11H,3-6H2,1-2H3. The van der Waals surface area contributed by atoms with E-state index in [1.165, 1.54) is 0 Å². The van der Waals surface area contributed by atoms with Crippen LogP contribution in [0.25, 0.3) is 0 Å². The van der Waals surface area contributed by atoms with Crippen molar-refractivity contribution in [1.82, 2.24) is 0 Å². The van der Waals surface area contributed by atoms with E-state index in [2.05, 4.69) is 0 Å². The summed E-state index contributed by atoms with van der Waals surface area (Å²) in [6.07, 6.45) is 0.823. The van der Waals surface area contributed by atoms with E-state index >= 15 is 0 Å². The van der Waals surface area contributed by atoms with Gasteiger partial charge in [-0.25, -0.2) is 0 Å². The number of rotatable bonds is 5. The molecule has 0 fully saturated rings. The fourth-order valence-corrected chi connectivity index (χ4v) is 1.11. The summed E-state index contributed by atoms with van der Waals surface area (Å²) in [7, 11) is 0. The van der Waals surface area contributed by atoms with E-state index in [0.29, 0.717) is 6.42 Å². The van der Waals surface area contributed by atoms with Crippen LogP contribution in [0.1, 0.15) is 33.1 Å². The molecule has 3 N–H and O–H groups in total. The third-order valence-corrected chi connectivity index (χ3v) is 1.88. The van der Waals surface area contributed by atoms with Gasteiger partial charge in [-0.15, -0.1) is 0 Å². The highest BCUT2D eigenvalue weighted by Crippen LogP contribution is 2.18. The van der Waals surface area contributed by atoms with E-state index in [1.54, 1.807) is 6.92 Å². The van der Waals surface area contributed by atoms with Crippen LogP contribution in [0.3, 0.4) is 0 Å². The third kappa shape index (κ3) is 3.70. The van der Waals surface area contributed by atoms with Crippen LogP contribution in [0.4, 0.5) is 0 Å². The van der Waals surface area contributed by atoms with Crippen molar-refractivity contribution < 1.29 is 15.3 Å². The van der Waals surface area contributed by atoms with E-state index in [-0.39, 0.29) is 13.0 Å². The molecule has 0 aliphatic heterocycles. The molecule has 2 unspecified atom stereocenters. The normalized spacial score (nSPS) is 19.4. The van der Waals surface area contributed by atoms with Gasteiger partial charge in [0.1, 0.15) is 0 Å². The Kier molecular flexibility index (Phi) is 4.65. The maximum atomic E-state index is 9.55. The molecule has 0 radical (unpaired) electrons. The van der Waals surface area contributed by atoms with Crippen molar-refractivity contribution in [2.75, 3.05) is 6.61 Å². The first kappa shape index (κ1) is 10.9. The van der Waals surface area contributed by atoms with Gasteiger partial charge < -0.3 is 15.3 Å². The Labute approximate surface area is 67.7 Å². The quantitative estimate of drug-likeness (QED) is 0.544. The fourth-order valence-electron chi connectivity index (χ4n) is 1.11. The zero-order valence-electron chi connectivity index (χ0n) is 7.25. The molecular formula is C8H18O3. The molecule has 11 heavy (non-hydrogen) atoms. The molecular weight excluding hydrogens is 144 g/mol. The largest absolute Gasteiger partial charge is 0.396 e. The van der Waals surface area contributed by atoms with Gasteiger partial charge in [0.15, 0.2) is 0 Å². The van der Waals surface area contributed by atoms with Crippen LogP contribution in [0.5, 0.6) is 0 Å². The lowest BCUT2D eigenvalue weighted by atomic mass is 9.92. The highest BCUT2D eigenvalue weighted by atomic mass is 16.3. The lowest BCUT2D eigenvalue weighted by Gasteiger charge is -2.28.